The van der Waals surface area contributed by atoms with Crippen LogP contribution in [0.25, 0.3) is 6.08 Å². The molecule has 0 aliphatic carbocycles. The summed E-state index contributed by atoms with van der Waals surface area (Å²) >= 11 is 2.21. The monoisotopic (exact) mass is 428 g/mol. The molecule has 0 N–H and O–H groups in total. The minimum atomic E-state index is -0.752. The summed E-state index contributed by atoms with van der Waals surface area (Å²) < 4.78 is 6.77. The van der Waals surface area contributed by atoms with Gasteiger partial charge in [0.1, 0.15) is 11.8 Å². The van der Waals surface area contributed by atoms with E-state index in [0.29, 0.717) is 5.75 Å². The van der Waals surface area contributed by atoms with E-state index in [1.807, 2.05) is 61.5 Å². The number of benzene rings is 2. The quantitative estimate of drug-likeness (QED) is 0.348. The van der Waals surface area contributed by atoms with E-state index < -0.39 is 6.10 Å². The zero-order chi connectivity index (χ0) is 17.4. The molecule has 0 aliphatic heterocycles. The Morgan fingerprint density at radius 2 is 2.04 bits per heavy atom. The van der Waals surface area contributed by atoms with Gasteiger partial charge in [0.2, 0.25) is 6.10 Å². The van der Waals surface area contributed by atoms with Gasteiger partial charge in [-0.3, -0.25) is 4.99 Å². The maximum absolute atomic E-state index is 9.33. The molecule has 2 aromatic carbocycles. The van der Waals surface area contributed by atoms with Crippen LogP contribution < -0.4 is 4.74 Å². The van der Waals surface area contributed by atoms with Gasteiger partial charge in [-0.15, -0.1) is 0 Å². The van der Waals surface area contributed by atoms with Crippen LogP contribution in [0.5, 0.6) is 5.75 Å². The fourth-order valence-corrected chi connectivity index (χ4v) is 2.75. The topological polar surface area (TPSA) is 45.4 Å². The van der Waals surface area contributed by atoms with Crippen molar-refractivity contribution in [2.75, 3.05) is 0 Å². The third-order valence-corrected chi connectivity index (χ3v) is 4.07. The average Bonchev–Trinajstić information content (AvgIpc) is 2.60. The lowest BCUT2D eigenvalue weighted by Crippen LogP contribution is -2.16. The summed E-state index contributed by atoms with van der Waals surface area (Å²) in [6.07, 6.45) is 6.33. The van der Waals surface area contributed by atoms with E-state index >= 15 is 0 Å². The van der Waals surface area contributed by atoms with Gasteiger partial charge < -0.3 is 4.74 Å². The molecule has 1 unspecified atom stereocenters. The lowest BCUT2D eigenvalue weighted by molar-refractivity contribution is 0.321. The van der Waals surface area contributed by atoms with Gasteiger partial charge in [0, 0.05) is 0 Å². The van der Waals surface area contributed by atoms with E-state index in [2.05, 4.69) is 40.2 Å². The summed E-state index contributed by atoms with van der Waals surface area (Å²) in [6.45, 7) is 5.72. The van der Waals surface area contributed by atoms with Gasteiger partial charge in [-0.1, -0.05) is 43.0 Å². The SMILES string of the molecule is C=CC=Cc1cc(OC(C#N)C=Nc2ccccc2)c(I)cc1C. The van der Waals surface area contributed by atoms with E-state index in [1.54, 1.807) is 6.08 Å². The fourth-order valence-electron chi connectivity index (χ4n) is 2.00. The summed E-state index contributed by atoms with van der Waals surface area (Å²) in [5.74, 6) is 0.663. The predicted molar refractivity (Wildman–Crippen MR) is 108 cm³/mol. The molecule has 3 nitrogen and oxygen atoms in total. The lowest BCUT2D eigenvalue weighted by atomic mass is 10.1. The van der Waals surface area contributed by atoms with Crippen molar-refractivity contribution >= 4 is 40.6 Å². The predicted octanol–water partition coefficient (Wildman–Crippen LogP) is 5.47. The van der Waals surface area contributed by atoms with Crippen LogP contribution in [-0.4, -0.2) is 12.3 Å². The van der Waals surface area contributed by atoms with Crippen molar-refractivity contribution in [3.05, 3.63) is 75.9 Å². The highest BCUT2D eigenvalue weighted by molar-refractivity contribution is 14.1. The largest absolute Gasteiger partial charge is 0.469 e. The molecule has 2 aromatic rings. The van der Waals surface area contributed by atoms with Crippen molar-refractivity contribution in [1.29, 1.82) is 5.26 Å². The smallest absolute Gasteiger partial charge is 0.219 e. The molecule has 0 spiro atoms. The van der Waals surface area contributed by atoms with Gasteiger partial charge in [-0.25, -0.2) is 0 Å². The Morgan fingerprint density at radius 1 is 1.29 bits per heavy atom. The number of hydrogen-bond donors (Lipinski definition) is 0. The van der Waals surface area contributed by atoms with E-state index in [0.717, 1.165) is 20.4 Å². The Hall–Kier alpha value is -2.39. The number of ether oxygens (including phenoxy) is 1. The summed E-state index contributed by atoms with van der Waals surface area (Å²) in [5, 5.41) is 9.33. The molecule has 4 heteroatoms. The van der Waals surface area contributed by atoms with Crippen LogP contribution in [0.2, 0.25) is 0 Å². The fraction of sp³-hybridized carbons (Fsp3) is 0.100. The van der Waals surface area contributed by atoms with Crippen LogP contribution in [-0.2, 0) is 0 Å². The Kier molecular flexibility index (Phi) is 6.76. The zero-order valence-corrected chi connectivity index (χ0v) is 15.5. The van der Waals surface area contributed by atoms with Crippen molar-refractivity contribution in [2.24, 2.45) is 4.99 Å². The van der Waals surface area contributed by atoms with Crippen molar-refractivity contribution in [3.63, 3.8) is 0 Å². The molecule has 0 aliphatic rings. The first-order valence-corrected chi connectivity index (χ1v) is 8.46. The Balaban J connectivity index is 2.21. The number of aryl methyl sites for hydroxylation is 1. The summed E-state index contributed by atoms with van der Waals surface area (Å²) in [4.78, 5) is 4.29. The van der Waals surface area contributed by atoms with Crippen molar-refractivity contribution < 1.29 is 4.74 Å². The van der Waals surface area contributed by atoms with E-state index in [-0.39, 0.29) is 0 Å². The zero-order valence-electron chi connectivity index (χ0n) is 13.3. The Bertz CT molecular complexity index is 804. The third-order valence-electron chi connectivity index (χ3n) is 3.23. The Morgan fingerprint density at radius 3 is 2.71 bits per heavy atom. The number of hydrogen-bond acceptors (Lipinski definition) is 3. The first-order valence-electron chi connectivity index (χ1n) is 7.39. The molecule has 0 saturated heterocycles. The van der Waals surface area contributed by atoms with E-state index in [9.17, 15) is 5.26 Å². The van der Waals surface area contributed by atoms with Crippen molar-refractivity contribution in [1.82, 2.24) is 0 Å². The van der Waals surface area contributed by atoms with Crippen molar-refractivity contribution in [3.8, 4) is 11.8 Å². The Labute approximate surface area is 156 Å². The first-order chi connectivity index (χ1) is 11.6. The van der Waals surface area contributed by atoms with Crippen LogP contribution >= 0.6 is 22.6 Å². The van der Waals surface area contributed by atoms with E-state index in [4.69, 9.17) is 4.74 Å². The molecule has 0 saturated carbocycles. The van der Waals surface area contributed by atoms with Gasteiger partial charge in [0.15, 0.2) is 0 Å². The number of nitrogens with zero attached hydrogens (tertiary/aromatic N) is 2. The summed E-state index contributed by atoms with van der Waals surface area (Å²) in [5.41, 5.74) is 2.95. The van der Waals surface area contributed by atoms with Crippen LogP contribution in [0, 0.1) is 21.8 Å². The number of para-hydroxylation sites is 1. The van der Waals surface area contributed by atoms with Gasteiger partial charge in [-0.05, 0) is 64.9 Å². The molecule has 1 atom stereocenters. The molecule has 24 heavy (non-hydrogen) atoms. The maximum atomic E-state index is 9.33. The highest BCUT2D eigenvalue weighted by Gasteiger charge is 2.11. The highest BCUT2D eigenvalue weighted by atomic mass is 127. The second kappa shape index (κ2) is 9.04. The number of aliphatic imine (C=N–C) groups is 1. The molecule has 0 amide bonds. The number of allylic oxidation sites excluding steroid dienone is 2. The molecule has 2 rings (SSSR count). The molecule has 0 radical (unpaired) electrons. The van der Waals surface area contributed by atoms with Crippen LogP contribution in [0.15, 0.2) is 66.2 Å². The number of halogens is 1. The van der Waals surface area contributed by atoms with E-state index in [1.165, 1.54) is 6.21 Å². The lowest BCUT2D eigenvalue weighted by Gasteiger charge is -2.12. The van der Waals surface area contributed by atoms with Crippen LogP contribution in [0.1, 0.15) is 11.1 Å². The normalized spacial score (nSPS) is 12.2. The van der Waals surface area contributed by atoms with Gasteiger partial charge >= 0.3 is 0 Å². The van der Waals surface area contributed by atoms with Crippen LogP contribution in [0.4, 0.5) is 5.69 Å². The molecular weight excluding hydrogens is 411 g/mol. The molecule has 0 heterocycles. The highest BCUT2D eigenvalue weighted by Crippen LogP contribution is 2.27. The van der Waals surface area contributed by atoms with Gasteiger partial charge in [0.25, 0.3) is 0 Å². The second-order valence-electron chi connectivity index (χ2n) is 5.02. The average molecular weight is 428 g/mol. The maximum Gasteiger partial charge on any atom is 0.219 e. The molecule has 0 fully saturated rings. The summed E-state index contributed by atoms with van der Waals surface area (Å²) in [6, 6.07) is 15.5. The van der Waals surface area contributed by atoms with Gasteiger partial charge in [0.05, 0.1) is 15.5 Å². The minimum Gasteiger partial charge on any atom is -0.469 e. The molecule has 0 bridgehead atoms. The standard InChI is InChI=1S/C20H17IN2O/c1-3-4-8-16-12-20(19(21)11-15(16)2)24-18(13-22)14-23-17-9-6-5-7-10-17/h3-12,14,18H,1H2,2H3. The molecular formula is C20H17IN2O. The molecule has 0 aromatic heterocycles. The second-order valence-corrected chi connectivity index (χ2v) is 6.18. The molecule has 120 valence electrons. The van der Waals surface area contributed by atoms with Crippen molar-refractivity contribution in [2.45, 2.75) is 13.0 Å². The third kappa shape index (κ3) is 5.07. The summed E-state index contributed by atoms with van der Waals surface area (Å²) in [7, 11) is 0. The first kappa shape index (κ1) is 18.0. The number of nitriles is 1. The minimum absolute atomic E-state index is 0.663. The van der Waals surface area contributed by atoms with Crippen LogP contribution in [0.3, 0.4) is 0 Å². The van der Waals surface area contributed by atoms with Gasteiger partial charge in [-0.2, -0.15) is 5.26 Å². The number of rotatable bonds is 6.